The second-order valence-corrected chi connectivity index (χ2v) is 12.7. The van der Waals surface area contributed by atoms with E-state index in [1.165, 1.54) is 6.92 Å². The highest BCUT2D eigenvalue weighted by molar-refractivity contribution is 6.74. The summed E-state index contributed by atoms with van der Waals surface area (Å²) in [6.45, 7) is 11.6. The summed E-state index contributed by atoms with van der Waals surface area (Å²) in [5.41, 5.74) is -1.17. The van der Waals surface area contributed by atoms with Crippen molar-refractivity contribution in [2.24, 2.45) is 0 Å². The summed E-state index contributed by atoms with van der Waals surface area (Å²) >= 11 is 0. The van der Waals surface area contributed by atoms with E-state index in [0.717, 1.165) is 0 Å². The second kappa shape index (κ2) is 7.78. The molecule has 1 aromatic carbocycles. The molecule has 0 radical (unpaired) electrons. The fraction of sp³-hybridized carbons (Fsp3) is 0.611. The predicted molar refractivity (Wildman–Crippen MR) is 96.5 cm³/mol. The van der Waals surface area contributed by atoms with Crippen molar-refractivity contribution in [1.82, 2.24) is 0 Å². The van der Waals surface area contributed by atoms with Crippen molar-refractivity contribution >= 4 is 14.3 Å². The van der Waals surface area contributed by atoms with Crippen molar-refractivity contribution in [3.05, 3.63) is 35.9 Å². The third-order valence-electron chi connectivity index (χ3n) is 4.63. The van der Waals surface area contributed by atoms with Crippen LogP contribution >= 0.6 is 0 Å². The first-order chi connectivity index (χ1) is 10.9. The summed E-state index contributed by atoms with van der Waals surface area (Å²) in [7, 11) is -2.02. The van der Waals surface area contributed by atoms with E-state index in [1.54, 1.807) is 30.3 Å². The van der Waals surface area contributed by atoms with E-state index in [-0.39, 0.29) is 18.3 Å². The number of esters is 1. The summed E-state index contributed by atoms with van der Waals surface area (Å²) in [4.78, 5) is 11.9. The second-order valence-electron chi connectivity index (χ2n) is 7.89. The number of aliphatic hydroxyl groups is 2. The minimum Gasteiger partial charge on any atom is -0.459 e. The lowest BCUT2D eigenvalue weighted by Crippen LogP contribution is -2.50. The van der Waals surface area contributed by atoms with Crippen LogP contribution in [0, 0.1) is 0 Å². The Hall–Kier alpha value is -1.21. The van der Waals surface area contributed by atoms with Crippen LogP contribution in [0.25, 0.3) is 0 Å². The molecule has 0 saturated heterocycles. The van der Waals surface area contributed by atoms with E-state index < -0.39 is 26.0 Å². The minimum atomic E-state index is -2.02. The molecule has 0 saturated carbocycles. The van der Waals surface area contributed by atoms with Gasteiger partial charge in [0.25, 0.3) is 0 Å². The smallest absolute Gasteiger partial charge is 0.338 e. The zero-order chi connectivity index (χ0) is 18.6. The van der Waals surface area contributed by atoms with Crippen LogP contribution in [0.5, 0.6) is 0 Å². The van der Waals surface area contributed by atoms with E-state index in [4.69, 9.17) is 9.16 Å². The summed E-state index contributed by atoms with van der Waals surface area (Å²) in [5, 5.41) is 20.6. The van der Waals surface area contributed by atoms with Gasteiger partial charge >= 0.3 is 5.97 Å². The highest BCUT2D eigenvalue weighted by Gasteiger charge is 2.40. The molecule has 2 atom stereocenters. The number of aliphatic hydroxyl groups excluding tert-OH is 1. The van der Waals surface area contributed by atoms with Gasteiger partial charge in [-0.1, -0.05) is 39.0 Å². The van der Waals surface area contributed by atoms with Crippen LogP contribution in [0.1, 0.15) is 38.1 Å². The Labute approximate surface area is 145 Å². The number of ether oxygens (including phenoxy) is 1. The van der Waals surface area contributed by atoms with E-state index in [2.05, 4.69) is 33.9 Å². The lowest BCUT2D eigenvalue weighted by atomic mass is 10.0. The lowest BCUT2D eigenvalue weighted by Gasteiger charge is -2.38. The van der Waals surface area contributed by atoms with Crippen LogP contribution < -0.4 is 0 Å². The Kier molecular flexibility index (Phi) is 6.75. The molecule has 136 valence electrons. The SMILES string of the molecule is CC(C)(C)[Si](C)(C)OC[C@@H](O)[C@@](C)(O)COC(=O)c1ccccc1. The molecule has 0 spiro atoms. The van der Waals surface area contributed by atoms with E-state index >= 15 is 0 Å². The largest absolute Gasteiger partial charge is 0.459 e. The molecule has 0 bridgehead atoms. The summed E-state index contributed by atoms with van der Waals surface area (Å²) in [6, 6.07) is 8.53. The third-order valence-corrected chi connectivity index (χ3v) is 9.13. The fourth-order valence-corrected chi connectivity index (χ4v) is 2.66. The highest BCUT2D eigenvalue weighted by atomic mass is 28.4. The summed E-state index contributed by atoms with van der Waals surface area (Å²) in [6.07, 6.45) is -1.14. The van der Waals surface area contributed by atoms with Gasteiger partial charge < -0.3 is 19.4 Å². The van der Waals surface area contributed by atoms with Gasteiger partial charge in [-0.2, -0.15) is 0 Å². The Morgan fingerprint density at radius 1 is 1.17 bits per heavy atom. The van der Waals surface area contributed by atoms with Crippen molar-refractivity contribution in [1.29, 1.82) is 0 Å². The molecule has 0 aromatic heterocycles. The Morgan fingerprint density at radius 3 is 2.21 bits per heavy atom. The third kappa shape index (κ3) is 5.70. The minimum absolute atomic E-state index is 0.00633. The van der Waals surface area contributed by atoms with E-state index in [1.807, 2.05) is 0 Å². The molecule has 0 heterocycles. The van der Waals surface area contributed by atoms with Crippen LogP contribution in [0.4, 0.5) is 0 Å². The van der Waals surface area contributed by atoms with Crippen LogP contribution in [-0.2, 0) is 9.16 Å². The van der Waals surface area contributed by atoms with E-state index in [9.17, 15) is 15.0 Å². The molecule has 0 aliphatic heterocycles. The fourth-order valence-electron chi connectivity index (χ4n) is 1.65. The molecule has 1 rings (SSSR count). The number of carbonyl (C=O) groups excluding carboxylic acids is 1. The van der Waals surface area contributed by atoms with Gasteiger partial charge in [0.15, 0.2) is 8.32 Å². The van der Waals surface area contributed by atoms with Crippen molar-refractivity contribution in [3.8, 4) is 0 Å². The molecule has 0 aliphatic carbocycles. The topological polar surface area (TPSA) is 76.0 Å². The maximum Gasteiger partial charge on any atom is 0.338 e. The molecule has 6 heteroatoms. The zero-order valence-corrected chi connectivity index (χ0v) is 16.5. The molecule has 1 aromatic rings. The van der Waals surface area contributed by atoms with Gasteiger partial charge in [-0.3, -0.25) is 0 Å². The number of hydrogen-bond donors (Lipinski definition) is 2. The molecule has 2 N–H and O–H groups in total. The molecule has 0 fully saturated rings. The number of benzene rings is 1. The van der Waals surface area contributed by atoms with Gasteiger partial charge in [-0.25, -0.2) is 4.79 Å². The van der Waals surface area contributed by atoms with Crippen molar-refractivity contribution in [2.45, 2.75) is 57.5 Å². The van der Waals surface area contributed by atoms with Gasteiger partial charge in [-0.15, -0.1) is 0 Å². The molecule has 0 amide bonds. The van der Waals surface area contributed by atoms with Gasteiger partial charge in [0.05, 0.1) is 12.2 Å². The normalized spacial score (nSPS) is 16.3. The van der Waals surface area contributed by atoms with Gasteiger partial charge in [0, 0.05) is 0 Å². The summed E-state index contributed by atoms with van der Waals surface area (Å²) < 4.78 is 11.0. The highest BCUT2D eigenvalue weighted by Crippen LogP contribution is 2.36. The Balaban J connectivity index is 2.57. The molecular formula is C18H30O5Si. The van der Waals surface area contributed by atoms with Crippen LogP contribution in [0.2, 0.25) is 18.1 Å². The number of rotatable bonds is 7. The van der Waals surface area contributed by atoms with Gasteiger partial charge in [0.2, 0.25) is 0 Å². The zero-order valence-electron chi connectivity index (χ0n) is 15.5. The summed E-state index contributed by atoms with van der Waals surface area (Å²) in [5.74, 6) is -0.534. The average Bonchev–Trinajstić information content (AvgIpc) is 2.50. The maximum atomic E-state index is 11.9. The number of carbonyl (C=O) groups is 1. The average molecular weight is 355 g/mol. The predicted octanol–water partition coefficient (Wildman–Crippen LogP) is 2.98. The first kappa shape index (κ1) is 20.8. The van der Waals surface area contributed by atoms with Crippen LogP contribution in [0.3, 0.4) is 0 Å². The molecular weight excluding hydrogens is 324 g/mol. The molecule has 24 heavy (non-hydrogen) atoms. The first-order valence-corrected chi connectivity index (χ1v) is 11.0. The molecule has 0 aliphatic rings. The lowest BCUT2D eigenvalue weighted by molar-refractivity contribution is -0.110. The molecule has 0 unspecified atom stereocenters. The van der Waals surface area contributed by atoms with E-state index in [0.29, 0.717) is 5.56 Å². The monoisotopic (exact) mass is 354 g/mol. The van der Waals surface area contributed by atoms with Crippen molar-refractivity contribution in [2.75, 3.05) is 13.2 Å². The van der Waals surface area contributed by atoms with Crippen LogP contribution in [-0.4, -0.2) is 49.4 Å². The maximum absolute atomic E-state index is 11.9. The van der Waals surface area contributed by atoms with Crippen molar-refractivity contribution < 1.29 is 24.2 Å². The first-order valence-electron chi connectivity index (χ1n) is 8.13. The molecule has 5 nitrogen and oxygen atoms in total. The quantitative estimate of drug-likeness (QED) is 0.581. The standard InChI is InChI=1S/C18H30O5Si/c1-17(2,3)24(5,6)23-12-15(19)18(4,21)13-22-16(20)14-10-8-7-9-11-14/h7-11,15,19,21H,12-13H2,1-6H3/t15-,18+/m1/s1. The van der Waals surface area contributed by atoms with Gasteiger partial charge in [0.1, 0.15) is 18.3 Å². The Morgan fingerprint density at radius 2 is 1.71 bits per heavy atom. The van der Waals surface area contributed by atoms with Crippen LogP contribution in [0.15, 0.2) is 30.3 Å². The van der Waals surface area contributed by atoms with Crippen molar-refractivity contribution in [3.63, 3.8) is 0 Å². The van der Waals surface area contributed by atoms with Gasteiger partial charge in [-0.05, 0) is 37.2 Å². The number of hydrogen-bond acceptors (Lipinski definition) is 5. The Bertz CT molecular complexity index is 534.